The second-order valence-electron chi connectivity index (χ2n) is 13.6. The minimum Gasteiger partial charge on any atom is -0.494 e. The van der Waals surface area contributed by atoms with Crippen molar-refractivity contribution in [2.24, 2.45) is 0 Å². The fourth-order valence-corrected chi connectivity index (χ4v) is 7.82. The van der Waals surface area contributed by atoms with Gasteiger partial charge in [-0.25, -0.2) is 25.3 Å². The fraction of sp³-hybridized carbons (Fsp3) is 0.385. The number of ether oxygens (including phenoxy) is 3. The van der Waals surface area contributed by atoms with Crippen molar-refractivity contribution in [2.75, 3.05) is 73.9 Å². The molecule has 18 heteroatoms. The van der Waals surface area contributed by atoms with E-state index in [0.29, 0.717) is 73.4 Å². The van der Waals surface area contributed by atoms with E-state index in [4.69, 9.17) is 14.2 Å². The highest BCUT2D eigenvalue weighted by Crippen LogP contribution is 2.30. The highest BCUT2D eigenvalue weighted by Gasteiger charge is 2.20. The van der Waals surface area contributed by atoms with Crippen molar-refractivity contribution in [1.82, 2.24) is 16.0 Å². The summed E-state index contributed by atoms with van der Waals surface area (Å²) in [5, 5.41) is 10.3. The van der Waals surface area contributed by atoms with Crippen LogP contribution in [-0.2, 0) is 30.1 Å². The van der Waals surface area contributed by atoms with Crippen LogP contribution in [0.2, 0.25) is 0 Å². The summed E-state index contributed by atoms with van der Waals surface area (Å²) in [4.78, 5) is 0. The zero-order valence-electron chi connectivity index (χ0n) is 33.0. The van der Waals surface area contributed by atoms with Gasteiger partial charge in [0.1, 0.15) is 17.2 Å². The molecule has 4 rings (SSSR count). The maximum absolute atomic E-state index is 11.6. The summed E-state index contributed by atoms with van der Waals surface area (Å²) in [6.07, 6.45) is 5.21. The molecule has 0 saturated carbocycles. The Labute approximate surface area is 337 Å². The first-order chi connectivity index (χ1) is 26.9. The molecule has 0 aliphatic rings. The third kappa shape index (κ3) is 16.1. The van der Waals surface area contributed by atoms with E-state index in [1.165, 1.54) is 0 Å². The molecule has 0 radical (unpaired) electrons. The van der Waals surface area contributed by atoms with Crippen LogP contribution in [0.15, 0.2) is 91.0 Å². The fourth-order valence-electron chi connectivity index (χ4n) is 6.12. The quantitative estimate of drug-likeness (QED) is 0.0553. The molecule has 0 fully saturated rings. The van der Waals surface area contributed by atoms with E-state index < -0.39 is 30.1 Å². The Kier molecular flexibility index (Phi) is 16.4. The van der Waals surface area contributed by atoms with E-state index in [1.54, 1.807) is 72.8 Å². The Balaban J connectivity index is 1.50. The summed E-state index contributed by atoms with van der Waals surface area (Å²) in [5.41, 5.74) is 4.55. The van der Waals surface area contributed by atoms with Gasteiger partial charge in [0.05, 0.1) is 38.6 Å². The van der Waals surface area contributed by atoms with E-state index in [1.807, 2.05) is 21.1 Å². The van der Waals surface area contributed by atoms with Crippen LogP contribution in [0.3, 0.4) is 0 Å². The van der Waals surface area contributed by atoms with E-state index in [2.05, 4.69) is 48.3 Å². The second-order valence-corrected chi connectivity index (χ2v) is 18.8. The first-order valence-electron chi connectivity index (χ1n) is 18.2. The van der Waals surface area contributed by atoms with Gasteiger partial charge in [0.2, 0.25) is 30.1 Å². The molecule has 312 valence electrons. The van der Waals surface area contributed by atoms with Gasteiger partial charge in [0.15, 0.2) is 0 Å². The van der Waals surface area contributed by atoms with Crippen molar-refractivity contribution in [3.8, 4) is 17.2 Å². The van der Waals surface area contributed by atoms with Gasteiger partial charge < -0.3 is 30.2 Å². The first-order valence-corrected chi connectivity index (χ1v) is 23.9. The summed E-state index contributed by atoms with van der Waals surface area (Å²) >= 11 is 0. The summed E-state index contributed by atoms with van der Waals surface area (Å²) in [7, 11) is -4.44. The van der Waals surface area contributed by atoms with Crippen LogP contribution in [0.4, 0.5) is 17.1 Å². The molecule has 6 N–H and O–H groups in total. The van der Waals surface area contributed by atoms with Crippen LogP contribution in [0.5, 0.6) is 17.2 Å². The smallest absolute Gasteiger partial charge is 0.229 e. The van der Waals surface area contributed by atoms with Gasteiger partial charge in [0.25, 0.3) is 0 Å². The standard InChI is InChI=1S/C39H54N6O9S3/c1-40-37(19-22-52-34-13-7-31(8-14-34)43-55(4,46)47)28-25-29(38(41-2)20-23-53-35-15-9-32(10-16-35)44-56(5,48)49)27-30(26-28)39(42-3)21-24-54-36-17-11-33(12-18-36)45-57(6,50)51/h7-18,25-27,37-45H,19-24H2,1-6H3. The molecule has 0 spiro atoms. The molecule has 15 nitrogen and oxygen atoms in total. The number of sulfonamides is 3. The molecule has 0 bridgehead atoms. The molecule has 0 aliphatic carbocycles. The van der Waals surface area contributed by atoms with Gasteiger partial charge in [-0.3, -0.25) is 14.2 Å². The maximum atomic E-state index is 11.6. The van der Waals surface area contributed by atoms with Gasteiger partial charge in [-0.15, -0.1) is 0 Å². The zero-order chi connectivity index (χ0) is 41.6. The lowest BCUT2D eigenvalue weighted by atomic mass is 9.91. The molecule has 0 aromatic heterocycles. The lowest BCUT2D eigenvalue weighted by Gasteiger charge is -2.25. The Morgan fingerprint density at radius 1 is 0.421 bits per heavy atom. The normalized spacial score (nSPS) is 13.6. The second kappa shape index (κ2) is 20.7. The zero-order valence-corrected chi connectivity index (χ0v) is 35.5. The van der Waals surface area contributed by atoms with Crippen molar-refractivity contribution in [3.63, 3.8) is 0 Å². The number of hydrogen-bond donors (Lipinski definition) is 6. The van der Waals surface area contributed by atoms with Gasteiger partial charge in [-0.2, -0.15) is 0 Å². The molecule has 3 atom stereocenters. The number of nitrogens with one attached hydrogen (secondary N) is 6. The molecule has 0 heterocycles. The number of benzene rings is 4. The van der Waals surface area contributed by atoms with Crippen LogP contribution >= 0.6 is 0 Å². The number of anilines is 3. The summed E-state index contributed by atoms with van der Waals surface area (Å²) in [6.45, 7) is 1.19. The van der Waals surface area contributed by atoms with Crippen LogP contribution in [0.25, 0.3) is 0 Å². The van der Waals surface area contributed by atoms with Crippen LogP contribution in [0, 0.1) is 0 Å². The third-order valence-corrected chi connectivity index (χ3v) is 10.6. The van der Waals surface area contributed by atoms with Crippen molar-refractivity contribution < 1.29 is 39.5 Å². The molecule has 3 unspecified atom stereocenters. The molecule has 0 aliphatic heterocycles. The lowest BCUT2D eigenvalue weighted by molar-refractivity contribution is 0.287. The van der Waals surface area contributed by atoms with Gasteiger partial charge in [0, 0.05) is 54.5 Å². The Bertz CT molecular complexity index is 1940. The van der Waals surface area contributed by atoms with Crippen molar-refractivity contribution >= 4 is 47.1 Å². The monoisotopic (exact) mass is 846 g/mol. The molecule has 4 aromatic carbocycles. The Morgan fingerprint density at radius 2 is 0.649 bits per heavy atom. The van der Waals surface area contributed by atoms with Gasteiger partial charge >= 0.3 is 0 Å². The predicted molar refractivity (Wildman–Crippen MR) is 227 cm³/mol. The van der Waals surface area contributed by atoms with Gasteiger partial charge in [-0.1, -0.05) is 18.2 Å². The average Bonchev–Trinajstić information content (AvgIpc) is 3.14. The third-order valence-electron chi connectivity index (χ3n) is 8.75. The van der Waals surface area contributed by atoms with Crippen LogP contribution in [0.1, 0.15) is 54.1 Å². The van der Waals surface area contributed by atoms with Crippen molar-refractivity contribution in [1.29, 1.82) is 0 Å². The Hall–Kier alpha value is -4.59. The van der Waals surface area contributed by atoms with Crippen LogP contribution in [-0.4, -0.2) is 85.0 Å². The molecular formula is C39H54N6O9S3. The minimum atomic E-state index is -3.39. The largest absolute Gasteiger partial charge is 0.494 e. The lowest BCUT2D eigenvalue weighted by Crippen LogP contribution is -2.24. The first kappa shape index (κ1) is 45.1. The average molecular weight is 847 g/mol. The highest BCUT2D eigenvalue weighted by atomic mass is 32.2. The topological polar surface area (TPSA) is 202 Å². The number of hydrogen-bond acceptors (Lipinski definition) is 12. The molecular weight excluding hydrogens is 793 g/mol. The summed E-state index contributed by atoms with van der Waals surface area (Å²) < 4.78 is 95.0. The molecule has 57 heavy (non-hydrogen) atoms. The van der Waals surface area contributed by atoms with E-state index in [-0.39, 0.29) is 18.1 Å². The highest BCUT2D eigenvalue weighted by molar-refractivity contribution is 7.92. The number of rotatable bonds is 24. The Morgan fingerprint density at radius 3 is 0.842 bits per heavy atom. The predicted octanol–water partition coefficient (Wildman–Crippen LogP) is 4.99. The SMILES string of the molecule is CNC(CCOc1ccc(NS(C)(=O)=O)cc1)c1cc(C(CCOc2ccc(NS(C)(=O)=O)cc2)NC)cc(C(CCOc2ccc(NS(C)(=O)=O)cc2)NC)c1. The molecule has 0 saturated heterocycles. The van der Waals surface area contributed by atoms with E-state index in [0.717, 1.165) is 35.5 Å². The minimum absolute atomic E-state index is 0.0736. The van der Waals surface area contributed by atoms with Gasteiger partial charge in [-0.05, 0) is 111 Å². The van der Waals surface area contributed by atoms with E-state index in [9.17, 15) is 25.3 Å². The van der Waals surface area contributed by atoms with Crippen molar-refractivity contribution in [3.05, 3.63) is 108 Å². The van der Waals surface area contributed by atoms with Crippen LogP contribution < -0.4 is 44.3 Å². The van der Waals surface area contributed by atoms with Crippen molar-refractivity contribution in [2.45, 2.75) is 37.4 Å². The summed E-state index contributed by atoms with van der Waals surface area (Å²) in [5.74, 6) is 1.85. The molecule has 4 aromatic rings. The maximum Gasteiger partial charge on any atom is 0.229 e. The summed E-state index contributed by atoms with van der Waals surface area (Å²) in [6, 6.07) is 26.6. The molecule has 0 amide bonds. The van der Waals surface area contributed by atoms with E-state index >= 15 is 0 Å².